The average Bonchev–Trinajstić information content (AvgIpc) is 2.03. The molecule has 0 radical (unpaired) electrons. The molecule has 3 N–H and O–H groups in total. The highest BCUT2D eigenvalue weighted by Gasteiger charge is 1.86. The lowest BCUT2D eigenvalue weighted by atomic mass is 10.3. The van der Waals surface area contributed by atoms with Crippen LogP contribution in [0.15, 0.2) is 24.5 Å². The summed E-state index contributed by atoms with van der Waals surface area (Å²) in [6.45, 7) is 0.740. The molecular formula is C7H10N3+. The topological polar surface area (TPSA) is 52.9 Å². The zero-order valence-electron chi connectivity index (χ0n) is 5.62. The number of rotatable bonds is 2. The lowest BCUT2D eigenvalue weighted by Gasteiger charge is -1.89. The van der Waals surface area contributed by atoms with Crippen LogP contribution in [0.1, 0.15) is 5.56 Å². The van der Waals surface area contributed by atoms with Gasteiger partial charge in [-0.25, -0.2) is 0 Å². The Hall–Kier alpha value is -1.38. The van der Waals surface area contributed by atoms with Crippen molar-refractivity contribution in [2.45, 2.75) is 6.54 Å². The first-order valence-electron chi connectivity index (χ1n) is 3.09. The number of nitrogens with zero attached hydrogens (tertiary/aromatic N) is 1. The monoisotopic (exact) mass is 136 g/mol. The maximum absolute atomic E-state index is 5.12. The molecule has 0 atom stereocenters. The van der Waals surface area contributed by atoms with Crippen molar-refractivity contribution in [3.63, 3.8) is 0 Å². The van der Waals surface area contributed by atoms with Gasteiger partial charge in [-0.2, -0.15) is 0 Å². The van der Waals surface area contributed by atoms with E-state index in [1.54, 1.807) is 12.4 Å². The minimum Gasteiger partial charge on any atom is -0.294 e. The van der Waals surface area contributed by atoms with Crippen molar-refractivity contribution in [1.82, 2.24) is 4.98 Å². The van der Waals surface area contributed by atoms with Gasteiger partial charge in [-0.3, -0.25) is 15.7 Å². The summed E-state index contributed by atoms with van der Waals surface area (Å²) in [5.41, 5.74) is 6.25. The summed E-state index contributed by atoms with van der Waals surface area (Å²) in [4.78, 5) is 6.82. The SMILES string of the molecule is NC=[NH+]Cc1cccnc1. The lowest BCUT2D eigenvalue weighted by Crippen LogP contribution is -2.68. The van der Waals surface area contributed by atoms with Gasteiger partial charge >= 0.3 is 0 Å². The Kier molecular flexibility index (Phi) is 2.43. The number of nitrogens with two attached hydrogens (primary N) is 1. The van der Waals surface area contributed by atoms with E-state index < -0.39 is 0 Å². The molecule has 1 rings (SSSR count). The van der Waals surface area contributed by atoms with E-state index in [1.807, 2.05) is 12.1 Å². The first-order chi connectivity index (χ1) is 4.93. The molecule has 1 heterocycles. The van der Waals surface area contributed by atoms with Crippen LogP contribution >= 0.6 is 0 Å². The number of pyridine rings is 1. The van der Waals surface area contributed by atoms with E-state index in [1.165, 1.54) is 6.34 Å². The summed E-state index contributed by atoms with van der Waals surface area (Å²) < 4.78 is 0. The van der Waals surface area contributed by atoms with Gasteiger partial charge in [0.2, 0.25) is 6.34 Å². The molecule has 3 nitrogen and oxygen atoms in total. The van der Waals surface area contributed by atoms with Crippen LogP contribution in [-0.4, -0.2) is 11.3 Å². The van der Waals surface area contributed by atoms with E-state index in [4.69, 9.17) is 5.73 Å². The van der Waals surface area contributed by atoms with Crippen LogP contribution in [0, 0.1) is 0 Å². The third kappa shape index (κ3) is 1.85. The van der Waals surface area contributed by atoms with Crippen LogP contribution in [0.4, 0.5) is 0 Å². The maximum atomic E-state index is 5.12. The standard InChI is InChI=1S/C7H9N3/c8-6-10-5-7-2-1-3-9-4-7/h1-4,6H,5H2,(H2,8,10)/p+1. The Bertz CT molecular complexity index is 205. The first kappa shape index (κ1) is 6.74. The Balaban J connectivity index is 2.59. The number of hydrogen-bond acceptors (Lipinski definition) is 1. The van der Waals surface area contributed by atoms with Crippen molar-refractivity contribution >= 4 is 6.34 Å². The summed E-state index contributed by atoms with van der Waals surface area (Å²) in [5, 5.41) is 0. The van der Waals surface area contributed by atoms with Crippen molar-refractivity contribution < 1.29 is 4.99 Å². The van der Waals surface area contributed by atoms with Crippen molar-refractivity contribution in [2.75, 3.05) is 0 Å². The molecule has 0 aromatic carbocycles. The molecule has 0 aliphatic rings. The molecule has 0 amide bonds. The number of hydrogen-bond donors (Lipinski definition) is 2. The van der Waals surface area contributed by atoms with Crippen LogP contribution in [-0.2, 0) is 6.54 Å². The second-order valence-electron chi connectivity index (χ2n) is 1.91. The molecule has 3 heteroatoms. The summed E-state index contributed by atoms with van der Waals surface area (Å²) in [7, 11) is 0. The first-order valence-corrected chi connectivity index (χ1v) is 3.09. The molecule has 52 valence electrons. The van der Waals surface area contributed by atoms with E-state index in [0.29, 0.717) is 0 Å². The molecule has 0 saturated heterocycles. The average molecular weight is 136 g/mol. The quantitative estimate of drug-likeness (QED) is 0.390. The molecule has 0 unspecified atom stereocenters. The molecule has 0 bridgehead atoms. The Morgan fingerprint density at radius 3 is 3.20 bits per heavy atom. The highest BCUT2D eigenvalue weighted by molar-refractivity contribution is 5.43. The minimum absolute atomic E-state index is 0.740. The van der Waals surface area contributed by atoms with Crippen molar-refractivity contribution in [3.05, 3.63) is 30.1 Å². The van der Waals surface area contributed by atoms with Crippen LogP contribution < -0.4 is 10.7 Å². The van der Waals surface area contributed by atoms with Crippen LogP contribution in [0.25, 0.3) is 0 Å². The van der Waals surface area contributed by atoms with Gasteiger partial charge in [0.15, 0.2) is 0 Å². The van der Waals surface area contributed by atoms with E-state index in [2.05, 4.69) is 9.98 Å². The van der Waals surface area contributed by atoms with E-state index in [-0.39, 0.29) is 0 Å². The Morgan fingerprint density at radius 1 is 1.70 bits per heavy atom. The largest absolute Gasteiger partial charge is 0.294 e. The van der Waals surface area contributed by atoms with Crippen LogP contribution in [0.5, 0.6) is 0 Å². The molecule has 0 spiro atoms. The highest BCUT2D eigenvalue weighted by Crippen LogP contribution is 1.89. The molecule has 0 fully saturated rings. The van der Waals surface area contributed by atoms with Crippen molar-refractivity contribution in [3.8, 4) is 0 Å². The summed E-state index contributed by atoms with van der Waals surface area (Å²) >= 11 is 0. The van der Waals surface area contributed by atoms with Gasteiger partial charge in [0, 0.05) is 18.0 Å². The van der Waals surface area contributed by atoms with Gasteiger partial charge in [0.1, 0.15) is 6.54 Å². The fraction of sp³-hybridized carbons (Fsp3) is 0.143. The van der Waals surface area contributed by atoms with Gasteiger partial charge < -0.3 is 0 Å². The van der Waals surface area contributed by atoms with Gasteiger partial charge in [-0.15, -0.1) is 0 Å². The van der Waals surface area contributed by atoms with Gasteiger partial charge in [0.05, 0.1) is 0 Å². The Labute approximate surface area is 59.6 Å². The lowest BCUT2D eigenvalue weighted by molar-refractivity contribution is -0.470. The van der Waals surface area contributed by atoms with Gasteiger partial charge in [-0.1, -0.05) is 6.07 Å². The van der Waals surface area contributed by atoms with E-state index in [0.717, 1.165) is 12.1 Å². The Morgan fingerprint density at radius 2 is 2.60 bits per heavy atom. The third-order valence-corrected chi connectivity index (χ3v) is 1.15. The minimum atomic E-state index is 0.740. The zero-order valence-corrected chi connectivity index (χ0v) is 5.62. The smallest absolute Gasteiger partial charge is 0.227 e. The number of nitrogens with one attached hydrogen (secondary N) is 1. The predicted molar refractivity (Wildman–Crippen MR) is 39.2 cm³/mol. The van der Waals surface area contributed by atoms with E-state index >= 15 is 0 Å². The van der Waals surface area contributed by atoms with Gasteiger partial charge in [-0.05, 0) is 6.07 Å². The fourth-order valence-electron chi connectivity index (χ4n) is 0.679. The summed E-state index contributed by atoms with van der Waals surface area (Å²) in [5.74, 6) is 0. The van der Waals surface area contributed by atoms with Crippen molar-refractivity contribution in [2.24, 2.45) is 5.73 Å². The zero-order chi connectivity index (χ0) is 7.23. The molecule has 1 aromatic rings. The maximum Gasteiger partial charge on any atom is 0.227 e. The normalized spacial score (nSPS) is 10.4. The predicted octanol–water partition coefficient (Wildman–Crippen LogP) is -1.35. The second kappa shape index (κ2) is 3.61. The molecule has 1 aromatic heterocycles. The van der Waals surface area contributed by atoms with Gasteiger partial charge in [0.25, 0.3) is 0 Å². The number of aromatic nitrogens is 1. The second-order valence-corrected chi connectivity index (χ2v) is 1.91. The van der Waals surface area contributed by atoms with Crippen molar-refractivity contribution in [1.29, 1.82) is 0 Å². The van der Waals surface area contributed by atoms with Crippen LogP contribution in [0.3, 0.4) is 0 Å². The molecule has 0 aliphatic heterocycles. The molecule has 0 saturated carbocycles. The van der Waals surface area contributed by atoms with E-state index in [9.17, 15) is 0 Å². The highest BCUT2D eigenvalue weighted by atomic mass is 14.8. The summed E-state index contributed by atoms with van der Waals surface area (Å²) in [6, 6.07) is 3.89. The fourth-order valence-corrected chi connectivity index (χ4v) is 0.679. The third-order valence-electron chi connectivity index (χ3n) is 1.15. The molecule has 0 aliphatic carbocycles. The van der Waals surface area contributed by atoms with Crippen LogP contribution in [0.2, 0.25) is 0 Å². The molecule has 10 heavy (non-hydrogen) atoms. The summed E-state index contributed by atoms with van der Waals surface area (Å²) in [6.07, 6.45) is 4.97. The molecular weight excluding hydrogens is 126 g/mol.